The molecule has 1 aliphatic heterocycles. The Balaban J connectivity index is 1.52. The lowest BCUT2D eigenvalue weighted by molar-refractivity contribution is 0.143. The number of carbonyl (C=O) groups is 1. The molecule has 1 N–H and O–H groups in total. The first kappa shape index (κ1) is 15.8. The van der Waals surface area contributed by atoms with E-state index >= 15 is 0 Å². The second-order valence-corrected chi connectivity index (χ2v) is 6.04. The number of hydrogen-bond donors (Lipinski definition) is 1. The minimum Gasteiger partial charge on any atom is -0.338 e. The zero-order valence-electron chi connectivity index (χ0n) is 13.8. The molecule has 4 nitrogen and oxygen atoms in total. The SMILES string of the molecule is CCN1CCN(C(=O)NCCc2cccc3ccccc23)CC1. The van der Waals surface area contributed by atoms with Gasteiger partial charge >= 0.3 is 6.03 Å². The molecule has 1 aliphatic rings. The van der Waals surface area contributed by atoms with Crippen LogP contribution in [0.3, 0.4) is 0 Å². The number of nitrogens with one attached hydrogen (secondary N) is 1. The first-order valence-corrected chi connectivity index (χ1v) is 8.49. The number of hydrogen-bond acceptors (Lipinski definition) is 2. The molecule has 4 heteroatoms. The second kappa shape index (κ2) is 7.47. The number of amides is 2. The van der Waals surface area contributed by atoms with Crippen molar-refractivity contribution in [2.75, 3.05) is 39.3 Å². The summed E-state index contributed by atoms with van der Waals surface area (Å²) in [6, 6.07) is 14.8. The summed E-state index contributed by atoms with van der Waals surface area (Å²) in [6.07, 6.45) is 0.863. The van der Waals surface area contributed by atoms with Gasteiger partial charge in [0.2, 0.25) is 0 Å². The van der Waals surface area contributed by atoms with Gasteiger partial charge in [0.1, 0.15) is 0 Å². The molecular formula is C19H25N3O. The fourth-order valence-corrected chi connectivity index (χ4v) is 3.19. The van der Waals surface area contributed by atoms with Gasteiger partial charge in [-0.15, -0.1) is 0 Å². The van der Waals surface area contributed by atoms with Crippen LogP contribution >= 0.6 is 0 Å². The molecule has 1 heterocycles. The van der Waals surface area contributed by atoms with Crippen LogP contribution in [0.2, 0.25) is 0 Å². The van der Waals surface area contributed by atoms with E-state index in [1.54, 1.807) is 0 Å². The summed E-state index contributed by atoms with van der Waals surface area (Å²) in [4.78, 5) is 16.5. The Labute approximate surface area is 138 Å². The van der Waals surface area contributed by atoms with Crippen molar-refractivity contribution in [1.82, 2.24) is 15.1 Å². The lowest BCUT2D eigenvalue weighted by Gasteiger charge is -2.34. The van der Waals surface area contributed by atoms with E-state index in [0.717, 1.165) is 39.1 Å². The summed E-state index contributed by atoms with van der Waals surface area (Å²) in [5.74, 6) is 0. The minimum absolute atomic E-state index is 0.0704. The average Bonchev–Trinajstić information content (AvgIpc) is 2.62. The molecule has 2 aromatic rings. The van der Waals surface area contributed by atoms with Crippen molar-refractivity contribution >= 4 is 16.8 Å². The third-order valence-electron chi connectivity index (χ3n) is 4.66. The molecule has 2 aromatic carbocycles. The summed E-state index contributed by atoms with van der Waals surface area (Å²) in [6.45, 7) is 7.53. The Morgan fingerprint density at radius 3 is 2.57 bits per heavy atom. The maximum Gasteiger partial charge on any atom is 0.317 e. The Bertz CT molecular complexity index is 657. The monoisotopic (exact) mass is 311 g/mol. The van der Waals surface area contributed by atoms with Crippen molar-refractivity contribution in [3.8, 4) is 0 Å². The van der Waals surface area contributed by atoms with Gasteiger partial charge in [-0.3, -0.25) is 0 Å². The highest BCUT2D eigenvalue weighted by atomic mass is 16.2. The van der Waals surface area contributed by atoms with E-state index in [9.17, 15) is 4.79 Å². The molecule has 0 atom stereocenters. The quantitative estimate of drug-likeness (QED) is 0.942. The van der Waals surface area contributed by atoms with Crippen LogP contribution in [0.1, 0.15) is 12.5 Å². The van der Waals surface area contributed by atoms with Crippen molar-refractivity contribution in [1.29, 1.82) is 0 Å². The average molecular weight is 311 g/mol. The standard InChI is InChI=1S/C19H25N3O/c1-2-21-12-14-22(15-13-21)19(23)20-11-10-17-8-5-7-16-6-3-4-9-18(16)17/h3-9H,2,10-15H2,1H3,(H,20,23). The van der Waals surface area contributed by atoms with Gasteiger partial charge in [-0.2, -0.15) is 0 Å². The van der Waals surface area contributed by atoms with Gasteiger partial charge < -0.3 is 15.1 Å². The van der Waals surface area contributed by atoms with Crippen molar-refractivity contribution in [2.24, 2.45) is 0 Å². The molecule has 0 saturated carbocycles. The summed E-state index contributed by atoms with van der Waals surface area (Å²) in [5, 5.41) is 5.60. The third-order valence-corrected chi connectivity index (χ3v) is 4.66. The highest BCUT2D eigenvalue weighted by Gasteiger charge is 2.19. The van der Waals surface area contributed by atoms with Crippen LogP contribution in [-0.4, -0.2) is 55.1 Å². The van der Waals surface area contributed by atoms with Crippen LogP contribution in [0.15, 0.2) is 42.5 Å². The highest BCUT2D eigenvalue weighted by Crippen LogP contribution is 2.18. The van der Waals surface area contributed by atoms with Gasteiger partial charge in [-0.05, 0) is 29.3 Å². The fraction of sp³-hybridized carbons (Fsp3) is 0.421. The van der Waals surface area contributed by atoms with Gasteiger partial charge in [-0.25, -0.2) is 4.79 Å². The van der Waals surface area contributed by atoms with Crippen LogP contribution in [0, 0.1) is 0 Å². The number of piperazine rings is 1. The van der Waals surface area contributed by atoms with Crippen molar-refractivity contribution in [2.45, 2.75) is 13.3 Å². The number of nitrogens with zero attached hydrogens (tertiary/aromatic N) is 2. The van der Waals surface area contributed by atoms with Crippen LogP contribution in [0.25, 0.3) is 10.8 Å². The second-order valence-electron chi connectivity index (χ2n) is 6.04. The van der Waals surface area contributed by atoms with E-state index in [2.05, 4.69) is 59.6 Å². The summed E-state index contributed by atoms with van der Waals surface area (Å²) >= 11 is 0. The maximum absolute atomic E-state index is 12.2. The topological polar surface area (TPSA) is 35.6 Å². The Morgan fingerprint density at radius 1 is 1.04 bits per heavy atom. The van der Waals surface area contributed by atoms with Crippen LogP contribution in [-0.2, 0) is 6.42 Å². The first-order valence-electron chi connectivity index (χ1n) is 8.49. The molecule has 2 amide bonds. The van der Waals surface area contributed by atoms with E-state index < -0.39 is 0 Å². The molecule has 23 heavy (non-hydrogen) atoms. The minimum atomic E-state index is 0.0704. The summed E-state index contributed by atoms with van der Waals surface area (Å²) in [7, 11) is 0. The summed E-state index contributed by atoms with van der Waals surface area (Å²) in [5.41, 5.74) is 1.29. The largest absolute Gasteiger partial charge is 0.338 e. The number of urea groups is 1. The third kappa shape index (κ3) is 3.82. The molecule has 0 aromatic heterocycles. The highest BCUT2D eigenvalue weighted by molar-refractivity contribution is 5.85. The molecule has 0 aliphatic carbocycles. The molecular weight excluding hydrogens is 286 g/mol. The smallest absolute Gasteiger partial charge is 0.317 e. The zero-order chi connectivity index (χ0) is 16.1. The maximum atomic E-state index is 12.2. The normalized spacial score (nSPS) is 15.8. The van der Waals surface area contributed by atoms with Gasteiger partial charge in [-0.1, -0.05) is 49.4 Å². The van der Waals surface area contributed by atoms with Gasteiger partial charge in [0.15, 0.2) is 0 Å². The first-order chi connectivity index (χ1) is 11.3. The number of benzene rings is 2. The molecule has 0 spiro atoms. The van der Waals surface area contributed by atoms with Crippen LogP contribution in [0.5, 0.6) is 0 Å². The van der Waals surface area contributed by atoms with Gasteiger partial charge in [0.05, 0.1) is 0 Å². The van der Waals surface area contributed by atoms with Crippen molar-refractivity contribution < 1.29 is 4.79 Å². The molecule has 1 fully saturated rings. The van der Waals surface area contributed by atoms with E-state index in [-0.39, 0.29) is 6.03 Å². The van der Waals surface area contributed by atoms with Gasteiger partial charge in [0.25, 0.3) is 0 Å². The molecule has 0 bridgehead atoms. The van der Waals surface area contributed by atoms with E-state index in [1.165, 1.54) is 16.3 Å². The molecule has 0 radical (unpaired) electrons. The Hall–Kier alpha value is -2.07. The van der Waals surface area contributed by atoms with Crippen molar-refractivity contribution in [3.05, 3.63) is 48.0 Å². The van der Waals surface area contributed by atoms with Crippen LogP contribution in [0.4, 0.5) is 4.79 Å². The lowest BCUT2D eigenvalue weighted by Crippen LogP contribution is -2.51. The Morgan fingerprint density at radius 2 is 1.78 bits per heavy atom. The molecule has 3 rings (SSSR count). The molecule has 0 unspecified atom stereocenters. The predicted octanol–water partition coefficient (Wildman–Crippen LogP) is 2.73. The van der Waals surface area contributed by atoms with Crippen molar-refractivity contribution in [3.63, 3.8) is 0 Å². The number of rotatable bonds is 4. The zero-order valence-corrected chi connectivity index (χ0v) is 13.8. The summed E-state index contributed by atoms with van der Waals surface area (Å²) < 4.78 is 0. The lowest BCUT2D eigenvalue weighted by atomic mass is 10.0. The van der Waals surface area contributed by atoms with E-state index in [1.807, 2.05) is 4.90 Å². The van der Waals surface area contributed by atoms with Crippen LogP contribution < -0.4 is 5.32 Å². The molecule has 1 saturated heterocycles. The fourth-order valence-electron chi connectivity index (χ4n) is 3.19. The molecule has 122 valence electrons. The van der Waals surface area contributed by atoms with E-state index in [4.69, 9.17) is 0 Å². The number of carbonyl (C=O) groups excluding carboxylic acids is 1. The Kier molecular flexibility index (Phi) is 5.13. The van der Waals surface area contributed by atoms with Gasteiger partial charge in [0, 0.05) is 32.7 Å². The number of likely N-dealkylation sites (N-methyl/N-ethyl adjacent to an activating group) is 1. The predicted molar refractivity (Wildman–Crippen MR) is 94.7 cm³/mol. The number of fused-ring (bicyclic) bond motifs is 1. The van der Waals surface area contributed by atoms with E-state index in [0.29, 0.717) is 6.54 Å².